The van der Waals surface area contributed by atoms with Crippen molar-refractivity contribution in [2.75, 3.05) is 5.75 Å². The Balaban J connectivity index is -0.000000135. The van der Waals surface area contributed by atoms with Crippen molar-refractivity contribution in [3.63, 3.8) is 0 Å². The summed E-state index contributed by atoms with van der Waals surface area (Å²) in [7, 11) is 0. The zero-order valence-electron chi connectivity index (χ0n) is 6.70. The first-order valence-corrected chi connectivity index (χ1v) is 3.32. The molecular weight excluding hydrogens is 276 g/mol. The Morgan fingerprint density at radius 3 is 2.00 bits per heavy atom. The number of hydrogen-bond donors (Lipinski definition) is 3. The first-order chi connectivity index (χ1) is 4.57. The average Bonchev–Trinajstić information content (AvgIpc) is 1.81. The number of hydrogen-bond acceptors (Lipinski definition) is 3. The van der Waals surface area contributed by atoms with Gasteiger partial charge in [-0.05, 0) is 0 Å². The molecule has 1 amide bonds. The predicted molar refractivity (Wildman–Crippen MR) is 51.3 cm³/mol. The number of carboxylic acids is 1. The van der Waals surface area contributed by atoms with Crippen LogP contribution in [-0.2, 0) is 29.1 Å². The Morgan fingerprint density at radius 2 is 1.92 bits per heavy atom. The van der Waals surface area contributed by atoms with Crippen LogP contribution >= 0.6 is 12.6 Å². The summed E-state index contributed by atoms with van der Waals surface area (Å²) < 4.78 is 0. The van der Waals surface area contributed by atoms with Gasteiger partial charge in [0.1, 0.15) is 6.04 Å². The smallest absolute Gasteiger partial charge is 0 e. The normalized spacial score (nSPS) is 9.38. The maximum Gasteiger partial charge on any atom is 0 e. The summed E-state index contributed by atoms with van der Waals surface area (Å²) in [5.41, 5.74) is 0. The molecule has 5 nitrogen and oxygen atoms in total. The summed E-state index contributed by atoms with van der Waals surface area (Å²) in [5, 5.41) is 10.6. The summed E-state index contributed by atoms with van der Waals surface area (Å²) in [6, 6.07) is -0.874. The van der Waals surface area contributed by atoms with Crippen LogP contribution in [0.3, 0.4) is 0 Å². The van der Waals surface area contributed by atoms with Crippen LogP contribution in [0.5, 0.6) is 0 Å². The molecule has 0 aromatic rings. The van der Waals surface area contributed by atoms with Crippen molar-refractivity contribution in [3.05, 3.63) is 0 Å². The van der Waals surface area contributed by atoms with Gasteiger partial charge < -0.3 is 15.9 Å². The van der Waals surface area contributed by atoms with Crippen LogP contribution in [0.4, 0.5) is 0 Å². The van der Waals surface area contributed by atoms with E-state index in [9.17, 15) is 9.59 Å². The molecule has 0 unspecified atom stereocenters. The van der Waals surface area contributed by atoms with Gasteiger partial charge >= 0.3 is 43.7 Å². The fraction of sp³-hybridized carbons (Fsp3) is 0.600. The van der Waals surface area contributed by atoms with E-state index >= 15 is 0 Å². The minimum atomic E-state index is -1.06. The molecule has 0 rings (SSSR count). The molecule has 0 aliphatic rings. The molecular formula is C5H13CaNO4SZn. The summed E-state index contributed by atoms with van der Waals surface area (Å²) >= 11 is 3.73. The van der Waals surface area contributed by atoms with Gasteiger partial charge in [-0.25, -0.2) is 4.79 Å². The van der Waals surface area contributed by atoms with E-state index in [-0.39, 0.29) is 74.4 Å². The van der Waals surface area contributed by atoms with Gasteiger partial charge in [0.05, 0.1) is 0 Å². The van der Waals surface area contributed by atoms with E-state index in [2.05, 4.69) is 17.9 Å². The van der Waals surface area contributed by atoms with Crippen LogP contribution in [0, 0.1) is 0 Å². The molecule has 0 aromatic heterocycles. The van der Waals surface area contributed by atoms with Gasteiger partial charge in [-0.2, -0.15) is 12.6 Å². The number of nitrogens with one attached hydrogen (secondary N) is 1. The van der Waals surface area contributed by atoms with Crippen LogP contribution in [0.1, 0.15) is 6.92 Å². The Labute approximate surface area is 125 Å². The molecule has 0 saturated heterocycles. The first-order valence-electron chi connectivity index (χ1n) is 2.68. The van der Waals surface area contributed by atoms with Crippen LogP contribution < -0.4 is 5.32 Å². The molecule has 0 fully saturated rings. The Kier molecular flexibility index (Phi) is 24.0. The van der Waals surface area contributed by atoms with Crippen molar-refractivity contribution in [1.29, 1.82) is 0 Å². The summed E-state index contributed by atoms with van der Waals surface area (Å²) in [4.78, 5) is 20.5. The van der Waals surface area contributed by atoms with Gasteiger partial charge in [-0.1, -0.05) is 0 Å². The van der Waals surface area contributed by atoms with Crippen LogP contribution in [-0.4, -0.2) is 72.0 Å². The average molecular weight is 289 g/mol. The molecule has 0 radical (unpaired) electrons. The zero-order chi connectivity index (χ0) is 8.15. The van der Waals surface area contributed by atoms with E-state index in [0.717, 1.165) is 0 Å². The van der Waals surface area contributed by atoms with Gasteiger partial charge in [-0.15, -0.1) is 0 Å². The molecule has 0 aliphatic heterocycles. The van der Waals surface area contributed by atoms with E-state index in [4.69, 9.17) is 5.11 Å². The number of aliphatic carboxylic acids is 1. The van der Waals surface area contributed by atoms with E-state index in [1.165, 1.54) is 6.92 Å². The fourth-order valence-electron chi connectivity index (χ4n) is 0.431. The second kappa shape index (κ2) is 13.1. The van der Waals surface area contributed by atoms with Crippen LogP contribution in [0.15, 0.2) is 0 Å². The minimum Gasteiger partial charge on any atom is 0 e. The maximum atomic E-state index is 10.3. The monoisotopic (exact) mass is 287 g/mol. The third-order valence-electron chi connectivity index (χ3n) is 0.858. The Morgan fingerprint density at radius 1 is 1.54 bits per heavy atom. The van der Waals surface area contributed by atoms with E-state index in [1.54, 1.807) is 0 Å². The van der Waals surface area contributed by atoms with Gasteiger partial charge in [0.2, 0.25) is 5.91 Å². The fourth-order valence-corrected chi connectivity index (χ4v) is 0.678. The molecule has 0 heterocycles. The molecule has 1 atom stereocenters. The van der Waals surface area contributed by atoms with Crippen LogP contribution in [0.2, 0.25) is 0 Å². The van der Waals surface area contributed by atoms with Gasteiger partial charge in [-0.3, -0.25) is 4.79 Å². The summed E-state index contributed by atoms with van der Waals surface area (Å²) in [6.07, 6.45) is 0. The second-order valence-electron chi connectivity index (χ2n) is 1.77. The maximum absolute atomic E-state index is 10.3. The number of carbonyl (C=O) groups is 2. The Bertz CT molecular complexity index is 159. The molecule has 72 valence electrons. The predicted octanol–water partition coefficient (Wildman–Crippen LogP) is -2.24. The van der Waals surface area contributed by atoms with E-state index < -0.39 is 12.0 Å². The van der Waals surface area contributed by atoms with Crippen molar-refractivity contribution in [1.82, 2.24) is 5.32 Å². The topological polar surface area (TPSA) is 97.9 Å². The number of rotatable bonds is 3. The molecule has 0 aliphatic carbocycles. The molecule has 0 spiro atoms. The zero-order valence-corrected chi connectivity index (χ0v) is 10.6. The Hall–Kier alpha value is 1.13. The minimum absolute atomic E-state index is 0. The molecule has 8 heteroatoms. The largest absolute Gasteiger partial charge is 0 e. The summed E-state index contributed by atoms with van der Waals surface area (Å²) in [5.74, 6) is -1.32. The van der Waals surface area contributed by atoms with E-state index in [1.807, 2.05) is 0 Å². The molecule has 0 saturated carbocycles. The number of carboxylic acid groups (broad SMARTS) is 1. The van der Waals surface area contributed by atoms with Crippen molar-refractivity contribution >= 4 is 62.2 Å². The SMILES string of the molecule is CC(=O)N[C@@H](CS)C(=O)O.O.[CaH2].[Zn]. The number of amides is 1. The van der Waals surface area contributed by atoms with Gasteiger partial charge in [0.25, 0.3) is 0 Å². The molecule has 0 aromatic carbocycles. The standard InChI is InChI=1S/C5H9NO3S.Ca.H2O.Zn.2H/c1-3(7)6-4(2-10)5(8)9;;;;;/h4,10H,2H2,1H3,(H,6,7)(H,8,9);;1H2;;;/t4-;;;;;/m0...../s1. The third-order valence-corrected chi connectivity index (χ3v) is 1.22. The van der Waals surface area contributed by atoms with Gasteiger partial charge in [0, 0.05) is 32.2 Å². The molecule has 13 heavy (non-hydrogen) atoms. The third kappa shape index (κ3) is 13.1. The molecule has 4 N–H and O–H groups in total. The van der Waals surface area contributed by atoms with Crippen LogP contribution in [0.25, 0.3) is 0 Å². The first kappa shape index (κ1) is 23.7. The quantitative estimate of drug-likeness (QED) is 0.405. The van der Waals surface area contributed by atoms with Crippen molar-refractivity contribution < 1.29 is 39.6 Å². The van der Waals surface area contributed by atoms with Crippen molar-refractivity contribution in [3.8, 4) is 0 Å². The van der Waals surface area contributed by atoms with Crippen molar-refractivity contribution in [2.45, 2.75) is 13.0 Å². The second-order valence-corrected chi connectivity index (χ2v) is 2.14. The number of thiol groups is 1. The van der Waals surface area contributed by atoms with Crippen molar-refractivity contribution in [2.24, 2.45) is 0 Å². The number of carbonyl (C=O) groups excluding carboxylic acids is 1. The summed E-state index contributed by atoms with van der Waals surface area (Å²) in [6.45, 7) is 1.26. The van der Waals surface area contributed by atoms with Gasteiger partial charge in [0.15, 0.2) is 0 Å². The molecule has 0 bridgehead atoms. The van der Waals surface area contributed by atoms with E-state index in [0.29, 0.717) is 0 Å².